The highest BCUT2D eigenvalue weighted by atomic mass is 35.5. The summed E-state index contributed by atoms with van der Waals surface area (Å²) in [5, 5.41) is 1.90. The van der Waals surface area contributed by atoms with Crippen molar-refractivity contribution in [3.05, 3.63) is 94.3 Å². The predicted octanol–water partition coefficient (Wildman–Crippen LogP) is 9.91. The topological polar surface area (TPSA) is 67.1 Å². The number of ketones is 1. The molecular weight excluding hydrogens is 574 g/mol. The predicted molar refractivity (Wildman–Crippen MR) is 148 cm³/mol. The number of benzene rings is 3. The van der Waals surface area contributed by atoms with Crippen molar-refractivity contribution in [1.82, 2.24) is 9.97 Å². The number of carbonyl (C=O) groups is 1. The molecule has 2 N–H and O–H groups in total. The zero-order chi connectivity index (χ0) is 28.5. The molecule has 0 bridgehead atoms. The number of ether oxygens (including phenoxy) is 2. The molecule has 5 rings (SSSR count). The van der Waals surface area contributed by atoms with Crippen LogP contribution in [-0.2, 0) is 0 Å². The Labute approximate surface area is 237 Å². The first-order valence-corrected chi connectivity index (χ1v) is 11.6. The molecule has 0 aliphatic rings. The Balaban J connectivity index is 0.000000300. The van der Waals surface area contributed by atoms with Crippen LogP contribution >= 0.6 is 11.6 Å². The number of aryl methyl sites for hydroxylation is 2. The summed E-state index contributed by atoms with van der Waals surface area (Å²) in [5.41, 5.74) is 3.34. The number of carbonyl (C=O) groups excluding carboxylic acids is 1. The van der Waals surface area contributed by atoms with Gasteiger partial charge in [-0.1, -0.05) is 26.5 Å². The summed E-state index contributed by atoms with van der Waals surface area (Å²) < 4.78 is 80.4. The van der Waals surface area contributed by atoms with E-state index in [1.807, 2.05) is 13.0 Å². The number of rotatable bonds is 4. The van der Waals surface area contributed by atoms with Crippen LogP contribution in [0.5, 0.6) is 11.5 Å². The van der Waals surface area contributed by atoms with Crippen molar-refractivity contribution in [2.45, 2.75) is 41.4 Å². The molecule has 5 aromatic rings. The maximum absolute atomic E-state index is 12.7. The lowest BCUT2D eigenvalue weighted by Gasteiger charge is -2.08. The second-order valence-electron chi connectivity index (χ2n) is 8.47. The molecule has 0 saturated carbocycles. The summed E-state index contributed by atoms with van der Waals surface area (Å²) in [4.78, 5) is 18.6. The summed E-state index contributed by atoms with van der Waals surface area (Å²) in [7, 11) is 0. The molecule has 220 valence electrons. The van der Waals surface area contributed by atoms with Gasteiger partial charge in [0.25, 0.3) is 0 Å². The van der Waals surface area contributed by atoms with Crippen molar-refractivity contribution < 1.29 is 40.6 Å². The van der Waals surface area contributed by atoms with Crippen LogP contribution in [0.25, 0.3) is 21.8 Å². The van der Waals surface area contributed by atoms with E-state index in [0.717, 1.165) is 11.1 Å². The number of aromatic amines is 2. The van der Waals surface area contributed by atoms with E-state index in [9.17, 15) is 31.1 Å². The minimum atomic E-state index is -4.77. The van der Waals surface area contributed by atoms with E-state index in [-0.39, 0.29) is 32.1 Å². The zero-order valence-electron chi connectivity index (χ0n) is 20.2. The van der Waals surface area contributed by atoms with E-state index in [1.165, 1.54) is 30.3 Å². The van der Waals surface area contributed by atoms with E-state index < -0.39 is 12.7 Å². The lowest BCUT2D eigenvalue weighted by molar-refractivity contribution is -0.275. The van der Waals surface area contributed by atoms with Crippen molar-refractivity contribution in [3.8, 4) is 11.5 Å². The van der Waals surface area contributed by atoms with Crippen LogP contribution in [0.3, 0.4) is 0 Å². The summed E-state index contributed by atoms with van der Waals surface area (Å²) in [5.74, 6) is -0.793. The molecule has 5 nitrogen and oxygen atoms in total. The third kappa shape index (κ3) is 8.43. The fourth-order valence-corrected chi connectivity index (χ4v) is 4.12. The van der Waals surface area contributed by atoms with Gasteiger partial charge < -0.3 is 19.4 Å². The van der Waals surface area contributed by atoms with Crippen LogP contribution < -0.4 is 9.47 Å². The highest BCUT2D eigenvalue weighted by Crippen LogP contribution is 2.31. The number of fused-ring (bicyclic) bond motifs is 2. The molecule has 0 aliphatic carbocycles. The molecule has 41 heavy (non-hydrogen) atoms. The van der Waals surface area contributed by atoms with Gasteiger partial charge in [-0.3, -0.25) is 4.79 Å². The van der Waals surface area contributed by atoms with Crippen molar-refractivity contribution in [1.29, 1.82) is 0 Å². The maximum Gasteiger partial charge on any atom is 0.573 e. The van der Waals surface area contributed by atoms with Gasteiger partial charge in [-0.05, 0) is 73.8 Å². The van der Waals surface area contributed by atoms with Crippen LogP contribution in [0.15, 0.2) is 66.7 Å². The fourth-order valence-electron chi connectivity index (χ4n) is 4.00. The number of nitrogens with one attached hydrogen (secondary N) is 2. The van der Waals surface area contributed by atoms with Gasteiger partial charge >= 0.3 is 12.7 Å². The molecule has 0 unspecified atom stereocenters. The van der Waals surface area contributed by atoms with Crippen LogP contribution in [0.2, 0.25) is 5.02 Å². The molecule has 0 radical (unpaired) electrons. The van der Waals surface area contributed by atoms with Crippen molar-refractivity contribution >= 4 is 39.2 Å². The fraction of sp³-hybridized carbons (Fsp3) is 0.207. The minimum absolute atomic E-state index is 0. The van der Waals surface area contributed by atoms with E-state index >= 15 is 0 Å². The van der Waals surface area contributed by atoms with Gasteiger partial charge in [0.2, 0.25) is 0 Å². The largest absolute Gasteiger partial charge is 0.573 e. The van der Waals surface area contributed by atoms with Crippen LogP contribution in [0, 0.1) is 13.8 Å². The van der Waals surface area contributed by atoms with Gasteiger partial charge in [-0.2, -0.15) is 0 Å². The lowest BCUT2D eigenvalue weighted by Crippen LogP contribution is -2.17. The van der Waals surface area contributed by atoms with Crippen LogP contribution in [-0.4, -0.2) is 28.5 Å². The van der Waals surface area contributed by atoms with Gasteiger partial charge in [0, 0.05) is 45.0 Å². The van der Waals surface area contributed by atoms with Crippen LogP contribution in [0.4, 0.5) is 26.3 Å². The number of hydrogen-bond donors (Lipinski definition) is 2. The Morgan fingerprint density at radius 3 is 1.83 bits per heavy atom. The Morgan fingerprint density at radius 1 is 0.732 bits per heavy atom. The van der Waals surface area contributed by atoms with Crippen molar-refractivity contribution in [2.75, 3.05) is 0 Å². The number of H-pyrrole nitrogens is 2. The molecule has 3 aromatic carbocycles. The Hall–Kier alpha value is -4.12. The molecular formula is C29H27ClF6N2O3. The Bertz CT molecular complexity index is 1640. The molecule has 0 fully saturated rings. The highest BCUT2D eigenvalue weighted by molar-refractivity contribution is 6.30. The van der Waals surface area contributed by atoms with Gasteiger partial charge in [0.15, 0.2) is 5.78 Å². The second kappa shape index (κ2) is 12.6. The number of hydrogen-bond acceptors (Lipinski definition) is 3. The number of alkyl halides is 6. The third-order valence-electron chi connectivity index (χ3n) is 5.49. The number of halogens is 7. The summed E-state index contributed by atoms with van der Waals surface area (Å²) in [6.45, 7) is 3.53. The SMILES string of the molecule is C.C.Cc1[nH]c2cc(OC(F)(F)F)ccc2c1C(=O)c1ccc(Cl)cc1.Cc1cc2ccc(OC(F)(F)F)cc2[nH]1. The van der Waals surface area contributed by atoms with E-state index in [2.05, 4.69) is 19.4 Å². The average molecular weight is 601 g/mol. The molecule has 0 atom stereocenters. The number of aromatic nitrogens is 2. The normalized spacial score (nSPS) is 11.2. The van der Waals surface area contributed by atoms with E-state index in [0.29, 0.717) is 38.3 Å². The van der Waals surface area contributed by atoms with Gasteiger partial charge in [0.1, 0.15) is 11.5 Å². The van der Waals surface area contributed by atoms with Crippen LogP contribution in [0.1, 0.15) is 42.2 Å². The summed E-state index contributed by atoms with van der Waals surface area (Å²) in [6.07, 6.45) is -9.41. The first-order valence-electron chi connectivity index (χ1n) is 11.2. The van der Waals surface area contributed by atoms with Gasteiger partial charge in [0.05, 0.1) is 11.1 Å². The quantitative estimate of drug-likeness (QED) is 0.159. The van der Waals surface area contributed by atoms with E-state index in [4.69, 9.17) is 11.6 Å². The standard InChI is InChI=1S/C17H11ClF3NO2.C10H8F3NO.2CH4/c1-9-15(16(23)10-2-4-11(18)5-3-10)13-7-6-12(8-14(13)22-9)24-17(19,20)21;1-6-4-7-2-3-8(5-9(7)14-6)15-10(11,12)13;;/h2-8,22H,1H3;2-5,14H,1H3;2*1H4. The molecule has 0 spiro atoms. The molecule has 2 aromatic heterocycles. The molecule has 12 heteroatoms. The molecule has 0 aliphatic heterocycles. The second-order valence-corrected chi connectivity index (χ2v) is 8.90. The lowest BCUT2D eigenvalue weighted by atomic mass is 10.0. The maximum atomic E-state index is 12.7. The third-order valence-corrected chi connectivity index (χ3v) is 5.74. The molecule has 2 heterocycles. The monoisotopic (exact) mass is 600 g/mol. The zero-order valence-corrected chi connectivity index (χ0v) is 21.0. The van der Waals surface area contributed by atoms with Gasteiger partial charge in [-0.25, -0.2) is 0 Å². The summed E-state index contributed by atoms with van der Waals surface area (Å²) in [6, 6.07) is 16.3. The minimum Gasteiger partial charge on any atom is -0.406 e. The van der Waals surface area contributed by atoms with E-state index in [1.54, 1.807) is 37.3 Å². The Morgan fingerprint density at radius 2 is 1.27 bits per heavy atom. The van der Waals surface area contributed by atoms with Crippen molar-refractivity contribution in [2.24, 2.45) is 0 Å². The first-order chi connectivity index (χ1) is 18.2. The smallest absolute Gasteiger partial charge is 0.406 e. The first kappa shape index (κ1) is 33.1. The highest BCUT2D eigenvalue weighted by Gasteiger charge is 2.32. The molecule has 0 amide bonds. The average Bonchev–Trinajstić information content (AvgIpc) is 3.34. The van der Waals surface area contributed by atoms with Crippen molar-refractivity contribution in [3.63, 3.8) is 0 Å². The van der Waals surface area contributed by atoms with Gasteiger partial charge in [-0.15, -0.1) is 26.3 Å². The molecule has 0 saturated heterocycles. The summed E-state index contributed by atoms with van der Waals surface area (Å²) >= 11 is 5.81. The Kier molecular flexibility index (Phi) is 10.2.